The van der Waals surface area contributed by atoms with Gasteiger partial charge in [0.15, 0.2) is 11.3 Å². The van der Waals surface area contributed by atoms with Crippen LogP contribution in [-0.4, -0.2) is 29.6 Å². The van der Waals surface area contributed by atoms with E-state index in [0.717, 1.165) is 0 Å². The van der Waals surface area contributed by atoms with Crippen molar-refractivity contribution >= 4 is 5.78 Å². The van der Waals surface area contributed by atoms with Crippen LogP contribution in [-0.2, 0) is 0 Å². The van der Waals surface area contributed by atoms with Crippen LogP contribution < -0.4 is 4.74 Å². The molecule has 0 aliphatic rings. The van der Waals surface area contributed by atoms with Gasteiger partial charge in [0.05, 0.1) is 6.61 Å². The number of carbonyl (C=O) groups is 1. The molecule has 1 rings (SSSR count). The Kier molecular flexibility index (Phi) is 4.34. The van der Waals surface area contributed by atoms with E-state index >= 15 is 0 Å². The standard InChI is InChI=1S/C12H15NO4/c1-12(2,13-16)11(15)9-3-5-10(6-4-9)17-8-7-14/h3-6,14H,7-8H2,1-2H3. The van der Waals surface area contributed by atoms with Crippen molar-refractivity contribution in [2.45, 2.75) is 19.4 Å². The zero-order valence-electron chi connectivity index (χ0n) is 9.84. The maximum atomic E-state index is 11.8. The highest BCUT2D eigenvalue weighted by molar-refractivity contribution is 6.02. The maximum absolute atomic E-state index is 11.8. The largest absolute Gasteiger partial charge is 0.491 e. The van der Waals surface area contributed by atoms with Gasteiger partial charge in [0.25, 0.3) is 0 Å². The van der Waals surface area contributed by atoms with Gasteiger partial charge in [-0.1, -0.05) is 5.18 Å². The lowest BCUT2D eigenvalue weighted by Gasteiger charge is -2.13. The monoisotopic (exact) mass is 237 g/mol. The normalized spacial score (nSPS) is 11.0. The molecular weight excluding hydrogens is 222 g/mol. The first-order chi connectivity index (χ1) is 8.01. The number of Topliss-reactive ketones (excluding diaryl/α,β-unsaturated/α-hetero) is 1. The van der Waals surface area contributed by atoms with Crippen LogP contribution in [0, 0.1) is 4.91 Å². The lowest BCUT2D eigenvalue weighted by Crippen LogP contribution is -2.28. The lowest BCUT2D eigenvalue weighted by molar-refractivity contribution is 0.0914. The van der Waals surface area contributed by atoms with E-state index in [1.807, 2.05) is 0 Å². The number of aliphatic hydroxyl groups is 1. The fourth-order valence-electron chi connectivity index (χ4n) is 1.26. The Bertz CT molecular complexity index is 397. The maximum Gasteiger partial charge on any atom is 0.193 e. The molecule has 0 aromatic heterocycles. The number of ketones is 1. The van der Waals surface area contributed by atoms with Crippen molar-refractivity contribution < 1.29 is 14.6 Å². The molecule has 0 aliphatic carbocycles. The van der Waals surface area contributed by atoms with Crippen molar-refractivity contribution in [1.29, 1.82) is 0 Å². The van der Waals surface area contributed by atoms with Crippen LogP contribution in [0.1, 0.15) is 24.2 Å². The summed E-state index contributed by atoms with van der Waals surface area (Å²) in [5.74, 6) is 0.230. The molecule has 5 nitrogen and oxygen atoms in total. The molecule has 5 heteroatoms. The van der Waals surface area contributed by atoms with Crippen LogP contribution in [0.2, 0.25) is 0 Å². The molecule has 0 heterocycles. The second kappa shape index (κ2) is 5.54. The summed E-state index contributed by atoms with van der Waals surface area (Å²) in [4.78, 5) is 22.4. The average Bonchev–Trinajstić information content (AvgIpc) is 2.36. The number of rotatable bonds is 6. The molecule has 0 fully saturated rings. The Hall–Kier alpha value is -1.75. The summed E-state index contributed by atoms with van der Waals surface area (Å²) in [6.45, 7) is 3.08. The number of hydrogen-bond donors (Lipinski definition) is 1. The van der Waals surface area contributed by atoms with E-state index in [1.54, 1.807) is 24.3 Å². The molecule has 1 aromatic carbocycles. The predicted molar refractivity (Wildman–Crippen MR) is 63.2 cm³/mol. The van der Waals surface area contributed by atoms with Crippen LogP contribution in [0.4, 0.5) is 0 Å². The van der Waals surface area contributed by atoms with Crippen LogP contribution >= 0.6 is 0 Å². The minimum atomic E-state index is -1.26. The molecule has 0 radical (unpaired) electrons. The number of nitrogens with zero attached hydrogens (tertiary/aromatic N) is 1. The van der Waals surface area contributed by atoms with Crippen molar-refractivity contribution in [3.63, 3.8) is 0 Å². The first kappa shape index (κ1) is 13.3. The molecule has 1 N–H and O–H groups in total. The molecule has 0 aliphatic heterocycles. The summed E-state index contributed by atoms with van der Waals surface area (Å²) in [5.41, 5.74) is -0.848. The average molecular weight is 237 g/mol. The van der Waals surface area contributed by atoms with Gasteiger partial charge in [0.1, 0.15) is 12.4 Å². The number of ether oxygens (including phenoxy) is 1. The molecule has 0 unspecified atom stereocenters. The second-order valence-electron chi connectivity index (χ2n) is 4.08. The van der Waals surface area contributed by atoms with Crippen molar-refractivity contribution in [3.8, 4) is 5.75 Å². The van der Waals surface area contributed by atoms with Crippen molar-refractivity contribution in [1.82, 2.24) is 0 Å². The predicted octanol–water partition coefficient (Wildman–Crippen LogP) is 1.79. The first-order valence-corrected chi connectivity index (χ1v) is 5.24. The third-order valence-electron chi connectivity index (χ3n) is 2.26. The van der Waals surface area contributed by atoms with E-state index in [-0.39, 0.29) is 19.0 Å². The van der Waals surface area contributed by atoms with E-state index in [2.05, 4.69) is 5.18 Å². The molecule has 0 saturated carbocycles. The molecule has 0 amide bonds. The number of carbonyl (C=O) groups excluding carboxylic acids is 1. The van der Waals surface area contributed by atoms with Gasteiger partial charge in [-0.15, -0.1) is 4.91 Å². The third kappa shape index (κ3) is 3.35. The molecule has 1 aromatic rings. The summed E-state index contributed by atoms with van der Waals surface area (Å²) in [7, 11) is 0. The van der Waals surface area contributed by atoms with Crippen LogP contribution in [0.25, 0.3) is 0 Å². The van der Waals surface area contributed by atoms with Crippen molar-refractivity contribution in [2.75, 3.05) is 13.2 Å². The highest BCUT2D eigenvalue weighted by Gasteiger charge is 2.29. The van der Waals surface area contributed by atoms with Crippen molar-refractivity contribution in [3.05, 3.63) is 34.7 Å². The van der Waals surface area contributed by atoms with Gasteiger partial charge in [-0.2, -0.15) is 0 Å². The minimum absolute atomic E-state index is 0.0667. The van der Waals surface area contributed by atoms with Gasteiger partial charge in [-0.05, 0) is 38.1 Å². The highest BCUT2D eigenvalue weighted by Crippen LogP contribution is 2.19. The summed E-state index contributed by atoms with van der Waals surface area (Å²) in [5, 5.41) is 11.4. The lowest BCUT2D eigenvalue weighted by atomic mass is 9.94. The Morgan fingerprint density at radius 2 is 1.94 bits per heavy atom. The third-order valence-corrected chi connectivity index (χ3v) is 2.26. The van der Waals surface area contributed by atoms with Gasteiger partial charge >= 0.3 is 0 Å². The molecule has 0 spiro atoms. The molecule has 0 saturated heterocycles. The molecular formula is C12H15NO4. The summed E-state index contributed by atoms with van der Waals surface area (Å²) >= 11 is 0. The van der Waals surface area contributed by atoms with Gasteiger partial charge in [0, 0.05) is 5.56 Å². The molecule has 0 atom stereocenters. The first-order valence-electron chi connectivity index (χ1n) is 5.24. The molecule has 17 heavy (non-hydrogen) atoms. The summed E-state index contributed by atoms with van der Waals surface area (Å²) in [6, 6.07) is 6.37. The molecule has 92 valence electrons. The number of benzene rings is 1. The van der Waals surface area contributed by atoms with Crippen LogP contribution in [0.3, 0.4) is 0 Å². The molecule has 0 bridgehead atoms. The number of nitroso groups, excluding NO2 is 1. The smallest absolute Gasteiger partial charge is 0.193 e. The van der Waals surface area contributed by atoms with Gasteiger partial charge in [-0.25, -0.2) is 0 Å². The van der Waals surface area contributed by atoms with E-state index in [0.29, 0.717) is 11.3 Å². The number of aliphatic hydroxyl groups excluding tert-OH is 1. The minimum Gasteiger partial charge on any atom is -0.491 e. The fraction of sp³-hybridized carbons (Fsp3) is 0.417. The second-order valence-corrected chi connectivity index (χ2v) is 4.08. The van der Waals surface area contributed by atoms with E-state index < -0.39 is 5.54 Å². The van der Waals surface area contributed by atoms with Gasteiger partial charge in [-0.3, -0.25) is 4.79 Å². The van der Waals surface area contributed by atoms with Gasteiger partial charge in [0.2, 0.25) is 0 Å². The van der Waals surface area contributed by atoms with Crippen molar-refractivity contribution in [2.24, 2.45) is 5.18 Å². The SMILES string of the molecule is CC(C)(N=O)C(=O)c1ccc(OCCO)cc1. The Morgan fingerprint density at radius 3 is 2.41 bits per heavy atom. The zero-order valence-corrected chi connectivity index (χ0v) is 9.84. The van der Waals surface area contributed by atoms with E-state index in [1.165, 1.54) is 13.8 Å². The van der Waals surface area contributed by atoms with E-state index in [4.69, 9.17) is 9.84 Å². The zero-order chi connectivity index (χ0) is 12.9. The van der Waals surface area contributed by atoms with E-state index in [9.17, 15) is 9.70 Å². The fourth-order valence-corrected chi connectivity index (χ4v) is 1.26. The topological polar surface area (TPSA) is 76.0 Å². The van der Waals surface area contributed by atoms with Gasteiger partial charge < -0.3 is 9.84 Å². The van der Waals surface area contributed by atoms with Crippen LogP contribution in [0.5, 0.6) is 5.75 Å². The quantitative estimate of drug-likeness (QED) is 0.604. The van der Waals surface area contributed by atoms with Crippen LogP contribution in [0.15, 0.2) is 29.4 Å². The number of hydrogen-bond acceptors (Lipinski definition) is 5. The summed E-state index contributed by atoms with van der Waals surface area (Å²) in [6.07, 6.45) is 0. The Balaban J connectivity index is 2.80. The Morgan fingerprint density at radius 1 is 1.35 bits per heavy atom. The Labute approximate surface area is 99.4 Å². The highest BCUT2D eigenvalue weighted by atomic mass is 16.5. The summed E-state index contributed by atoms with van der Waals surface area (Å²) < 4.78 is 5.16.